The molecular weight excluding hydrogens is 153 g/mol. The molecule has 1 nitrogen and oxygen atoms in total. The van der Waals surface area contributed by atoms with Gasteiger partial charge in [-0.05, 0) is 18.6 Å². The third-order valence-electron chi connectivity index (χ3n) is 1.72. The molecule has 0 atom stereocenters. The first-order valence-corrected chi connectivity index (χ1v) is 3.87. The van der Waals surface area contributed by atoms with Gasteiger partial charge in [0.15, 0.2) is 0 Å². The zero-order valence-corrected chi connectivity index (χ0v) is 7.05. The number of hydrogen-bond donors (Lipinski definition) is 1. The molecule has 0 heterocycles. The highest BCUT2D eigenvalue weighted by Gasteiger charge is 2.00. The van der Waals surface area contributed by atoms with E-state index in [4.69, 9.17) is 5.73 Å². The SMILES string of the molecule is CC(=CCN)c1ccccc1F. The molecule has 1 aromatic carbocycles. The molecule has 0 bridgehead atoms. The maximum Gasteiger partial charge on any atom is 0.130 e. The van der Waals surface area contributed by atoms with Crippen LogP contribution in [0.4, 0.5) is 4.39 Å². The van der Waals surface area contributed by atoms with Crippen LogP contribution >= 0.6 is 0 Å². The standard InChI is InChI=1S/C10H12FN/c1-8(6-7-12)9-4-2-3-5-10(9)11/h2-6H,7,12H2,1H3. The van der Waals surface area contributed by atoms with Crippen molar-refractivity contribution >= 4 is 5.57 Å². The number of allylic oxidation sites excluding steroid dienone is 1. The predicted molar refractivity (Wildman–Crippen MR) is 49.1 cm³/mol. The van der Waals surface area contributed by atoms with Gasteiger partial charge in [-0.25, -0.2) is 4.39 Å². The van der Waals surface area contributed by atoms with Crippen LogP contribution < -0.4 is 5.73 Å². The van der Waals surface area contributed by atoms with Crippen LogP contribution in [0.2, 0.25) is 0 Å². The fourth-order valence-electron chi connectivity index (χ4n) is 1.07. The molecule has 0 unspecified atom stereocenters. The summed E-state index contributed by atoms with van der Waals surface area (Å²) in [5, 5.41) is 0. The van der Waals surface area contributed by atoms with E-state index in [2.05, 4.69) is 0 Å². The second kappa shape index (κ2) is 4.02. The van der Waals surface area contributed by atoms with E-state index in [1.54, 1.807) is 18.2 Å². The molecule has 1 rings (SSSR count). The number of rotatable bonds is 2. The van der Waals surface area contributed by atoms with Gasteiger partial charge >= 0.3 is 0 Å². The van der Waals surface area contributed by atoms with Crippen LogP contribution in [-0.4, -0.2) is 6.54 Å². The van der Waals surface area contributed by atoms with Gasteiger partial charge in [0.1, 0.15) is 5.82 Å². The van der Waals surface area contributed by atoms with E-state index in [0.717, 1.165) is 5.57 Å². The lowest BCUT2D eigenvalue weighted by Crippen LogP contribution is -1.95. The molecule has 1 aromatic rings. The van der Waals surface area contributed by atoms with Crippen LogP contribution in [0.15, 0.2) is 30.3 Å². The van der Waals surface area contributed by atoms with Crippen molar-refractivity contribution < 1.29 is 4.39 Å². The minimum Gasteiger partial charge on any atom is -0.327 e. The van der Waals surface area contributed by atoms with Crippen molar-refractivity contribution in [2.75, 3.05) is 6.54 Å². The summed E-state index contributed by atoms with van der Waals surface area (Å²) in [6.45, 7) is 2.30. The fourth-order valence-corrected chi connectivity index (χ4v) is 1.07. The van der Waals surface area contributed by atoms with E-state index in [1.165, 1.54) is 6.07 Å². The summed E-state index contributed by atoms with van der Waals surface area (Å²) in [5.41, 5.74) is 6.83. The van der Waals surface area contributed by atoms with Gasteiger partial charge in [-0.15, -0.1) is 0 Å². The highest BCUT2D eigenvalue weighted by atomic mass is 19.1. The summed E-state index contributed by atoms with van der Waals surface area (Å²) < 4.78 is 13.1. The third kappa shape index (κ3) is 1.92. The van der Waals surface area contributed by atoms with Gasteiger partial charge in [-0.1, -0.05) is 24.3 Å². The Morgan fingerprint density at radius 1 is 1.50 bits per heavy atom. The molecule has 0 aromatic heterocycles. The van der Waals surface area contributed by atoms with E-state index in [1.807, 2.05) is 13.0 Å². The Balaban J connectivity index is 3.02. The minimum absolute atomic E-state index is 0.195. The van der Waals surface area contributed by atoms with Crippen LogP contribution in [-0.2, 0) is 0 Å². The molecule has 0 amide bonds. The number of benzene rings is 1. The van der Waals surface area contributed by atoms with Gasteiger partial charge in [0.05, 0.1) is 0 Å². The molecular formula is C10H12FN. The third-order valence-corrected chi connectivity index (χ3v) is 1.72. The first-order chi connectivity index (χ1) is 5.75. The quantitative estimate of drug-likeness (QED) is 0.714. The van der Waals surface area contributed by atoms with Gasteiger partial charge in [-0.3, -0.25) is 0 Å². The Labute approximate surface area is 71.7 Å². The monoisotopic (exact) mass is 165 g/mol. The van der Waals surface area contributed by atoms with E-state index in [9.17, 15) is 4.39 Å². The van der Waals surface area contributed by atoms with Crippen LogP contribution in [0, 0.1) is 5.82 Å². The highest BCUT2D eigenvalue weighted by Crippen LogP contribution is 2.16. The molecule has 64 valence electrons. The van der Waals surface area contributed by atoms with Crippen molar-refractivity contribution in [2.24, 2.45) is 5.73 Å². The molecule has 2 N–H and O–H groups in total. The Morgan fingerprint density at radius 3 is 2.75 bits per heavy atom. The normalized spacial score (nSPS) is 11.8. The van der Waals surface area contributed by atoms with Crippen molar-refractivity contribution in [3.8, 4) is 0 Å². The Kier molecular flexibility index (Phi) is 3.00. The molecule has 0 aliphatic rings. The highest BCUT2D eigenvalue weighted by molar-refractivity contribution is 5.64. The van der Waals surface area contributed by atoms with Crippen LogP contribution in [0.5, 0.6) is 0 Å². The molecule has 0 saturated carbocycles. The van der Waals surface area contributed by atoms with Crippen LogP contribution in [0.3, 0.4) is 0 Å². The van der Waals surface area contributed by atoms with Gasteiger partial charge in [0.2, 0.25) is 0 Å². The second-order valence-corrected chi connectivity index (χ2v) is 2.60. The first kappa shape index (κ1) is 8.94. The van der Waals surface area contributed by atoms with E-state index >= 15 is 0 Å². The van der Waals surface area contributed by atoms with Gasteiger partial charge in [0.25, 0.3) is 0 Å². The first-order valence-electron chi connectivity index (χ1n) is 3.87. The largest absolute Gasteiger partial charge is 0.327 e. The maximum atomic E-state index is 13.1. The molecule has 2 heteroatoms. The van der Waals surface area contributed by atoms with Gasteiger partial charge in [0, 0.05) is 12.1 Å². The van der Waals surface area contributed by atoms with Crippen molar-refractivity contribution in [3.05, 3.63) is 41.7 Å². The van der Waals surface area contributed by atoms with Crippen LogP contribution in [0.1, 0.15) is 12.5 Å². The average molecular weight is 165 g/mol. The molecule has 0 fully saturated rings. The summed E-state index contributed by atoms with van der Waals surface area (Å²) in [4.78, 5) is 0. The predicted octanol–water partition coefficient (Wildman–Crippen LogP) is 2.19. The van der Waals surface area contributed by atoms with Crippen LogP contribution in [0.25, 0.3) is 5.57 Å². The second-order valence-electron chi connectivity index (χ2n) is 2.60. The summed E-state index contributed by atoms with van der Waals surface area (Å²) in [6, 6.07) is 6.68. The minimum atomic E-state index is -0.195. The molecule has 0 spiro atoms. The molecule has 0 aliphatic heterocycles. The van der Waals surface area contributed by atoms with Crippen molar-refractivity contribution in [2.45, 2.75) is 6.92 Å². The van der Waals surface area contributed by atoms with Gasteiger partial charge < -0.3 is 5.73 Å². The van der Waals surface area contributed by atoms with Gasteiger partial charge in [-0.2, -0.15) is 0 Å². The Hall–Kier alpha value is -1.15. The lowest BCUT2D eigenvalue weighted by molar-refractivity contribution is 0.624. The van der Waals surface area contributed by atoms with Crippen molar-refractivity contribution in [3.63, 3.8) is 0 Å². The van der Waals surface area contributed by atoms with E-state index in [0.29, 0.717) is 12.1 Å². The van der Waals surface area contributed by atoms with E-state index < -0.39 is 0 Å². The number of nitrogens with two attached hydrogens (primary N) is 1. The maximum absolute atomic E-state index is 13.1. The molecule has 0 aliphatic carbocycles. The number of halogens is 1. The zero-order valence-electron chi connectivity index (χ0n) is 7.05. The molecule has 12 heavy (non-hydrogen) atoms. The Morgan fingerprint density at radius 2 is 2.17 bits per heavy atom. The molecule has 0 saturated heterocycles. The lowest BCUT2D eigenvalue weighted by Gasteiger charge is -2.01. The molecule has 0 radical (unpaired) electrons. The van der Waals surface area contributed by atoms with Crippen molar-refractivity contribution in [1.82, 2.24) is 0 Å². The average Bonchev–Trinajstić information content (AvgIpc) is 2.05. The summed E-state index contributed by atoms with van der Waals surface area (Å²) in [7, 11) is 0. The summed E-state index contributed by atoms with van der Waals surface area (Å²) in [5.74, 6) is -0.195. The lowest BCUT2D eigenvalue weighted by atomic mass is 10.1. The Bertz CT molecular complexity index is 292. The zero-order chi connectivity index (χ0) is 8.97. The van der Waals surface area contributed by atoms with E-state index in [-0.39, 0.29) is 5.82 Å². The summed E-state index contributed by atoms with van der Waals surface area (Å²) >= 11 is 0. The fraction of sp³-hybridized carbons (Fsp3) is 0.200. The smallest absolute Gasteiger partial charge is 0.130 e. The topological polar surface area (TPSA) is 26.0 Å². The van der Waals surface area contributed by atoms with Crippen molar-refractivity contribution in [1.29, 1.82) is 0 Å². The summed E-state index contributed by atoms with van der Waals surface area (Å²) in [6.07, 6.45) is 1.80. The number of hydrogen-bond acceptors (Lipinski definition) is 1.